The van der Waals surface area contributed by atoms with E-state index in [1.165, 1.54) is 4.90 Å². The van der Waals surface area contributed by atoms with Gasteiger partial charge < -0.3 is 14.9 Å². The number of hydrogen-bond donors (Lipinski definition) is 1. The highest BCUT2D eigenvalue weighted by Gasteiger charge is 2.35. The molecular formula is C15H20N2O3. The molecule has 108 valence electrons. The summed E-state index contributed by atoms with van der Waals surface area (Å²) in [5, 5.41) is 8.86. The molecule has 0 saturated carbocycles. The van der Waals surface area contributed by atoms with Crippen LogP contribution < -0.4 is 0 Å². The van der Waals surface area contributed by atoms with E-state index in [9.17, 15) is 9.59 Å². The summed E-state index contributed by atoms with van der Waals surface area (Å²) in [5.74, 6) is -0.338. The fraction of sp³-hybridized carbons (Fsp3) is 0.467. The quantitative estimate of drug-likeness (QED) is 0.851. The fourth-order valence-corrected chi connectivity index (χ4v) is 2.47. The number of rotatable bonds is 5. The smallest absolute Gasteiger partial charge is 0.227 e. The number of benzene rings is 1. The van der Waals surface area contributed by atoms with Gasteiger partial charge >= 0.3 is 0 Å². The van der Waals surface area contributed by atoms with E-state index < -0.39 is 0 Å². The van der Waals surface area contributed by atoms with Crippen molar-refractivity contribution in [3.05, 3.63) is 35.9 Å². The highest BCUT2D eigenvalue weighted by Crippen LogP contribution is 2.21. The molecule has 0 aromatic heterocycles. The highest BCUT2D eigenvalue weighted by atomic mass is 16.3. The molecule has 2 rings (SSSR count). The van der Waals surface area contributed by atoms with Crippen molar-refractivity contribution in [1.82, 2.24) is 9.80 Å². The molecule has 1 atom stereocenters. The van der Waals surface area contributed by atoms with Gasteiger partial charge in [-0.2, -0.15) is 0 Å². The molecule has 1 aliphatic rings. The third-order valence-corrected chi connectivity index (χ3v) is 3.59. The molecule has 1 heterocycles. The molecule has 1 aromatic rings. The monoisotopic (exact) mass is 276 g/mol. The van der Waals surface area contributed by atoms with E-state index in [1.54, 1.807) is 11.9 Å². The minimum Gasteiger partial charge on any atom is -0.395 e. The Kier molecular flexibility index (Phi) is 4.74. The maximum absolute atomic E-state index is 12.1. The first-order chi connectivity index (χ1) is 9.61. The van der Waals surface area contributed by atoms with Crippen molar-refractivity contribution >= 4 is 11.8 Å². The number of nitrogens with zero attached hydrogens (tertiary/aromatic N) is 2. The van der Waals surface area contributed by atoms with E-state index in [2.05, 4.69) is 0 Å². The maximum atomic E-state index is 12.1. The van der Waals surface area contributed by atoms with Crippen LogP contribution >= 0.6 is 0 Å². The average Bonchev–Trinajstić information content (AvgIpc) is 2.81. The number of aliphatic hydroxyl groups is 1. The standard InChI is InChI=1S/C15H20N2O3/c1-16(7-8-18)15(20)13-9-14(19)17(11-13)10-12-5-3-2-4-6-12/h2-6,13,18H,7-11H2,1H3. The van der Waals surface area contributed by atoms with Crippen LogP contribution in [0.2, 0.25) is 0 Å². The third kappa shape index (κ3) is 3.36. The van der Waals surface area contributed by atoms with Gasteiger partial charge in [-0.1, -0.05) is 30.3 Å². The topological polar surface area (TPSA) is 60.9 Å². The Morgan fingerprint density at radius 2 is 2.10 bits per heavy atom. The predicted octanol–water partition coefficient (Wildman–Crippen LogP) is 0.486. The summed E-state index contributed by atoms with van der Waals surface area (Å²) < 4.78 is 0. The third-order valence-electron chi connectivity index (χ3n) is 3.59. The number of carbonyl (C=O) groups excluding carboxylic acids is 2. The van der Waals surface area contributed by atoms with E-state index in [0.29, 0.717) is 19.6 Å². The van der Waals surface area contributed by atoms with Gasteiger partial charge in [-0.25, -0.2) is 0 Å². The largest absolute Gasteiger partial charge is 0.395 e. The molecule has 0 aliphatic carbocycles. The van der Waals surface area contributed by atoms with Gasteiger partial charge in [0.1, 0.15) is 0 Å². The van der Waals surface area contributed by atoms with Crippen molar-refractivity contribution in [2.75, 3.05) is 26.7 Å². The molecule has 2 amide bonds. The Morgan fingerprint density at radius 1 is 1.40 bits per heavy atom. The summed E-state index contributed by atoms with van der Waals surface area (Å²) in [6.07, 6.45) is 0.265. The van der Waals surface area contributed by atoms with Crippen LogP contribution in [0, 0.1) is 5.92 Å². The molecule has 20 heavy (non-hydrogen) atoms. The molecule has 0 spiro atoms. The number of carbonyl (C=O) groups is 2. The lowest BCUT2D eigenvalue weighted by atomic mass is 10.1. The highest BCUT2D eigenvalue weighted by molar-refractivity contribution is 5.89. The molecular weight excluding hydrogens is 256 g/mol. The summed E-state index contributed by atoms with van der Waals surface area (Å²) in [6.45, 7) is 1.26. The zero-order valence-corrected chi connectivity index (χ0v) is 11.7. The van der Waals surface area contributed by atoms with Gasteiger partial charge in [-0.3, -0.25) is 9.59 Å². The van der Waals surface area contributed by atoms with Crippen molar-refractivity contribution in [2.45, 2.75) is 13.0 Å². The van der Waals surface area contributed by atoms with Gasteiger partial charge in [0.25, 0.3) is 0 Å². The van der Waals surface area contributed by atoms with E-state index in [1.807, 2.05) is 30.3 Å². The fourth-order valence-electron chi connectivity index (χ4n) is 2.47. The maximum Gasteiger partial charge on any atom is 0.227 e. The number of likely N-dealkylation sites (tertiary alicyclic amines) is 1. The first-order valence-electron chi connectivity index (χ1n) is 6.79. The van der Waals surface area contributed by atoms with E-state index in [4.69, 9.17) is 5.11 Å². The minimum absolute atomic E-state index is 0.0181. The van der Waals surface area contributed by atoms with Crippen LogP contribution in [0.5, 0.6) is 0 Å². The Hall–Kier alpha value is -1.88. The second kappa shape index (κ2) is 6.52. The van der Waals surface area contributed by atoms with Crippen molar-refractivity contribution in [2.24, 2.45) is 5.92 Å². The second-order valence-electron chi connectivity index (χ2n) is 5.14. The Balaban J connectivity index is 1.95. The minimum atomic E-state index is -0.289. The lowest BCUT2D eigenvalue weighted by Gasteiger charge is -2.20. The molecule has 1 aliphatic heterocycles. The SMILES string of the molecule is CN(CCO)C(=O)C1CC(=O)N(Cc2ccccc2)C1. The molecule has 5 nitrogen and oxygen atoms in total. The molecule has 1 fully saturated rings. The van der Waals surface area contributed by atoms with Gasteiger partial charge in [0.2, 0.25) is 11.8 Å². The van der Waals surface area contributed by atoms with E-state index in [-0.39, 0.29) is 30.8 Å². The predicted molar refractivity (Wildman–Crippen MR) is 74.7 cm³/mol. The van der Waals surface area contributed by atoms with Crippen molar-refractivity contribution in [3.8, 4) is 0 Å². The molecule has 1 N–H and O–H groups in total. The van der Waals surface area contributed by atoms with Crippen LogP contribution in [0.3, 0.4) is 0 Å². The van der Waals surface area contributed by atoms with Crippen LogP contribution in [0.1, 0.15) is 12.0 Å². The van der Waals surface area contributed by atoms with Crippen LogP contribution in [0.4, 0.5) is 0 Å². The van der Waals surface area contributed by atoms with Crippen LogP contribution in [-0.2, 0) is 16.1 Å². The Morgan fingerprint density at radius 3 is 2.75 bits per heavy atom. The van der Waals surface area contributed by atoms with Gasteiger partial charge in [-0.05, 0) is 5.56 Å². The summed E-state index contributed by atoms with van der Waals surface area (Å²) in [7, 11) is 1.66. The Labute approximate surface area is 118 Å². The van der Waals surface area contributed by atoms with Gasteiger partial charge in [0, 0.05) is 33.1 Å². The van der Waals surface area contributed by atoms with Crippen LogP contribution in [0.15, 0.2) is 30.3 Å². The number of amides is 2. The molecule has 0 bridgehead atoms. The van der Waals surface area contributed by atoms with Gasteiger partial charge in [0.15, 0.2) is 0 Å². The van der Waals surface area contributed by atoms with E-state index >= 15 is 0 Å². The van der Waals surface area contributed by atoms with Gasteiger partial charge in [-0.15, -0.1) is 0 Å². The normalized spacial score (nSPS) is 18.4. The van der Waals surface area contributed by atoms with Crippen LogP contribution in [-0.4, -0.2) is 53.5 Å². The van der Waals surface area contributed by atoms with Crippen molar-refractivity contribution < 1.29 is 14.7 Å². The summed E-state index contributed by atoms with van der Waals surface area (Å²) >= 11 is 0. The molecule has 1 saturated heterocycles. The zero-order valence-electron chi connectivity index (χ0n) is 11.7. The summed E-state index contributed by atoms with van der Waals surface area (Å²) in [4.78, 5) is 27.3. The lowest BCUT2D eigenvalue weighted by molar-refractivity contribution is -0.135. The molecule has 1 aromatic carbocycles. The van der Waals surface area contributed by atoms with Gasteiger partial charge in [0.05, 0.1) is 12.5 Å². The number of aliphatic hydroxyl groups excluding tert-OH is 1. The van der Waals surface area contributed by atoms with Crippen molar-refractivity contribution in [3.63, 3.8) is 0 Å². The molecule has 0 radical (unpaired) electrons. The summed E-state index contributed by atoms with van der Waals surface area (Å²) in [5.41, 5.74) is 1.07. The first kappa shape index (κ1) is 14.5. The van der Waals surface area contributed by atoms with Crippen molar-refractivity contribution in [1.29, 1.82) is 0 Å². The van der Waals surface area contributed by atoms with Crippen LogP contribution in [0.25, 0.3) is 0 Å². The second-order valence-corrected chi connectivity index (χ2v) is 5.14. The number of likely N-dealkylation sites (N-methyl/N-ethyl adjacent to an activating group) is 1. The Bertz CT molecular complexity index is 475. The first-order valence-corrected chi connectivity index (χ1v) is 6.79. The zero-order chi connectivity index (χ0) is 14.5. The number of hydrogen-bond acceptors (Lipinski definition) is 3. The summed E-state index contributed by atoms with van der Waals surface area (Å²) in [6, 6.07) is 9.76. The average molecular weight is 276 g/mol. The lowest BCUT2D eigenvalue weighted by Crippen LogP contribution is -2.36. The van der Waals surface area contributed by atoms with E-state index in [0.717, 1.165) is 5.56 Å². The molecule has 1 unspecified atom stereocenters. The molecule has 5 heteroatoms.